The quantitative estimate of drug-likeness (QED) is 0.0382. The molecule has 0 aliphatic carbocycles. The summed E-state index contributed by atoms with van der Waals surface area (Å²) in [4.78, 5) is 196. The minimum Gasteiger partial charge on any atom is -0.480 e. The van der Waals surface area contributed by atoms with Crippen LogP contribution in [0.4, 0.5) is 22.7 Å². The van der Waals surface area contributed by atoms with Crippen LogP contribution in [-0.4, -0.2) is 155 Å². The topological polar surface area (TPSA) is 471 Å². The number of hydrogen-bond donors (Lipinski definition) is 4. The number of amides is 8. The summed E-state index contributed by atoms with van der Waals surface area (Å²) in [6, 6.07) is 22.3. The summed E-state index contributed by atoms with van der Waals surface area (Å²) in [7, 11) is 0. The van der Waals surface area contributed by atoms with Gasteiger partial charge in [0.15, 0.2) is 0 Å². The Bertz CT molecular complexity index is 4620. The number of carboxylic acids is 4. The molecule has 2 radical (unpaired) electrons. The first kappa shape index (κ1) is 81.4. The van der Waals surface area contributed by atoms with Crippen molar-refractivity contribution in [1.82, 2.24) is 19.6 Å². The van der Waals surface area contributed by atoms with Crippen molar-refractivity contribution in [1.29, 1.82) is 0 Å². The third-order valence-electron chi connectivity index (χ3n) is 17.5. The number of carbonyl (C=O) groups excluding carboxylic acids is 8. The van der Waals surface area contributed by atoms with Crippen molar-refractivity contribution in [3.63, 3.8) is 0 Å². The standard InChI is InChI=1S/4C18H16N2O6.2Rh/c4*1-18(2,3)14(17(23)24)19-15(21)11-6-4-5-9-7-10(20(25)26)8-12(13(9)11)16(19)22;;/h4*4-8,14H,1-3H3,(H,23,24);;/t4*14-;;/m1111../s1. The number of nitrogens with zero attached hydrogens (tertiary/aromatic N) is 8. The second-order valence-electron chi connectivity index (χ2n) is 29.0. The fourth-order valence-electron chi connectivity index (χ4n) is 13.3. The van der Waals surface area contributed by atoms with E-state index in [4.69, 9.17) is 0 Å². The Labute approximate surface area is 625 Å². The van der Waals surface area contributed by atoms with Gasteiger partial charge in [-0.1, -0.05) is 132 Å². The Balaban J connectivity index is 0.000000196. The van der Waals surface area contributed by atoms with Crippen LogP contribution in [0.3, 0.4) is 0 Å². The van der Waals surface area contributed by atoms with Gasteiger partial charge in [0.05, 0.1) is 41.9 Å². The molecule has 0 spiro atoms. The number of aliphatic carboxylic acids is 4. The van der Waals surface area contributed by atoms with Gasteiger partial charge in [0.1, 0.15) is 24.2 Å². The molecule has 554 valence electrons. The molecule has 4 heterocycles. The monoisotopic (exact) mass is 1630 g/mol. The van der Waals surface area contributed by atoms with Crippen molar-refractivity contribution in [3.05, 3.63) is 206 Å². The third kappa shape index (κ3) is 14.7. The van der Waals surface area contributed by atoms with Crippen LogP contribution in [0.25, 0.3) is 43.1 Å². The zero-order chi connectivity index (χ0) is 77.5. The van der Waals surface area contributed by atoms with E-state index in [9.17, 15) is 118 Å². The van der Waals surface area contributed by atoms with Crippen LogP contribution in [0.1, 0.15) is 166 Å². The van der Waals surface area contributed by atoms with Crippen LogP contribution >= 0.6 is 0 Å². The zero-order valence-electron chi connectivity index (χ0n) is 58.1. The summed E-state index contributed by atoms with van der Waals surface area (Å²) < 4.78 is 0. The Morgan fingerprint density at radius 3 is 0.575 bits per heavy atom. The van der Waals surface area contributed by atoms with Crippen molar-refractivity contribution in [2.45, 2.75) is 107 Å². The largest absolute Gasteiger partial charge is 0.480 e. The van der Waals surface area contributed by atoms with Crippen LogP contribution in [0.2, 0.25) is 0 Å². The van der Waals surface area contributed by atoms with Crippen molar-refractivity contribution in [2.24, 2.45) is 21.7 Å². The second-order valence-corrected chi connectivity index (χ2v) is 29.0. The van der Waals surface area contributed by atoms with Gasteiger partial charge in [-0.05, 0) is 67.5 Å². The number of nitro groups is 4. The first-order chi connectivity index (χ1) is 48.1. The number of carbonyl (C=O) groups is 12. The maximum absolute atomic E-state index is 13.0. The molecule has 34 heteroatoms. The molecule has 4 atom stereocenters. The van der Waals surface area contributed by atoms with Crippen molar-refractivity contribution >= 4 is 137 Å². The molecule has 4 aliphatic rings. The van der Waals surface area contributed by atoms with E-state index >= 15 is 0 Å². The van der Waals surface area contributed by atoms with Gasteiger partial charge in [-0.2, -0.15) is 0 Å². The smallest absolute Gasteiger partial charge is 0.327 e. The Morgan fingerprint density at radius 2 is 0.443 bits per heavy atom. The fraction of sp³-hybridized carbons (Fsp3) is 0.278. The van der Waals surface area contributed by atoms with Crippen molar-refractivity contribution < 1.29 is 137 Å². The number of imide groups is 4. The molecule has 0 saturated carbocycles. The summed E-state index contributed by atoms with van der Waals surface area (Å²) >= 11 is 0. The third-order valence-corrected chi connectivity index (χ3v) is 17.5. The molecule has 106 heavy (non-hydrogen) atoms. The van der Waals surface area contributed by atoms with E-state index < -0.39 is 137 Å². The van der Waals surface area contributed by atoms with E-state index in [2.05, 4.69) is 0 Å². The van der Waals surface area contributed by atoms with Crippen LogP contribution in [0, 0.1) is 62.1 Å². The van der Waals surface area contributed by atoms with Gasteiger partial charge >= 0.3 is 23.9 Å². The Morgan fingerprint density at radius 1 is 0.292 bits per heavy atom. The van der Waals surface area contributed by atoms with E-state index in [0.29, 0.717) is 62.7 Å². The molecule has 0 aromatic heterocycles. The van der Waals surface area contributed by atoms with Gasteiger partial charge in [-0.3, -0.25) is 98.4 Å². The molecule has 32 nitrogen and oxygen atoms in total. The van der Waals surface area contributed by atoms with E-state index in [1.165, 1.54) is 48.5 Å². The first-order valence-electron chi connectivity index (χ1n) is 31.4. The van der Waals surface area contributed by atoms with Crippen LogP contribution in [0.5, 0.6) is 0 Å². The number of rotatable bonds is 12. The fourth-order valence-corrected chi connectivity index (χ4v) is 13.3. The molecule has 0 saturated heterocycles. The summed E-state index contributed by atoms with van der Waals surface area (Å²) in [5.74, 6) is -11.5. The minimum absolute atomic E-state index is 0. The molecule has 8 aromatic rings. The van der Waals surface area contributed by atoms with Gasteiger partial charge in [0.25, 0.3) is 70.0 Å². The molecule has 4 N–H and O–H groups in total. The predicted octanol–water partition coefficient (Wildman–Crippen LogP) is 11.4. The molecule has 12 rings (SSSR count). The number of non-ortho nitro benzene ring substituents is 4. The van der Waals surface area contributed by atoms with Crippen molar-refractivity contribution in [3.8, 4) is 0 Å². The molecule has 0 unspecified atom stereocenters. The summed E-state index contributed by atoms with van der Waals surface area (Å²) in [6.07, 6.45) is 0. The zero-order valence-corrected chi connectivity index (χ0v) is 61.3. The average Bonchev–Trinajstić information content (AvgIpc) is 0.750. The normalized spacial score (nSPS) is 15.0. The van der Waals surface area contributed by atoms with Gasteiger partial charge in [0, 0.05) is 131 Å². The number of hydrogen-bond acceptors (Lipinski definition) is 20. The summed E-state index contributed by atoms with van der Waals surface area (Å²) in [5.41, 5.74) is -4.44. The van der Waals surface area contributed by atoms with E-state index in [1.54, 1.807) is 132 Å². The average molecular weight is 1630 g/mol. The van der Waals surface area contributed by atoms with Crippen LogP contribution in [0.15, 0.2) is 121 Å². The van der Waals surface area contributed by atoms with Gasteiger partial charge in [-0.25, -0.2) is 19.2 Å². The molecular formula is C72H64N8O24Rh2. The molecular weight excluding hydrogens is 1570 g/mol. The van der Waals surface area contributed by atoms with E-state index in [0.717, 1.165) is 24.3 Å². The molecule has 4 aliphatic heterocycles. The number of benzene rings is 8. The molecule has 8 aromatic carbocycles. The molecule has 8 amide bonds. The van der Waals surface area contributed by atoms with Gasteiger partial charge in [-0.15, -0.1) is 0 Å². The second kappa shape index (κ2) is 29.3. The van der Waals surface area contributed by atoms with Gasteiger partial charge in [0.2, 0.25) is 0 Å². The Hall–Kier alpha value is -11.9. The SMILES string of the molecule is CC(C)(C)[C@@H](C(=O)O)N1C(=O)c2cccc3cc([N+](=O)[O-])cc(c23)C1=O.CC(C)(C)[C@@H](C(=O)O)N1C(=O)c2cccc3cc([N+](=O)[O-])cc(c23)C1=O.CC(C)(C)[C@@H](C(=O)O)N1C(=O)c2cccc3cc([N+](=O)[O-])cc(c23)C1=O.CC(C)(C)[C@@H](C(=O)O)N1C(=O)c2cccc3cc([N+](=O)[O-])cc(c23)C1=O.[Rh].[Rh]. The summed E-state index contributed by atoms with van der Waals surface area (Å²) in [5, 5.41) is 86.0. The molecule has 0 fully saturated rings. The van der Waals surface area contributed by atoms with Crippen LogP contribution in [-0.2, 0) is 58.1 Å². The van der Waals surface area contributed by atoms with E-state index in [-0.39, 0.29) is 106 Å². The minimum atomic E-state index is -1.41. The van der Waals surface area contributed by atoms with Gasteiger partial charge < -0.3 is 20.4 Å². The first-order valence-corrected chi connectivity index (χ1v) is 31.4. The molecule has 0 bridgehead atoms. The van der Waals surface area contributed by atoms with Crippen LogP contribution < -0.4 is 0 Å². The maximum atomic E-state index is 13.0. The number of nitro benzene ring substituents is 4. The summed E-state index contributed by atoms with van der Waals surface area (Å²) in [6.45, 7) is 19.3. The maximum Gasteiger partial charge on any atom is 0.327 e. The number of carboxylic acid groups (broad SMARTS) is 4. The van der Waals surface area contributed by atoms with E-state index in [1.807, 2.05) is 0 Å². The van der Waals surface area contributed by atoms with Crippen molar-refractivity contribution in [2.75, 3.05) is 0 Å². The Kier molecular flexibility index (Phi) is 22.5. The predicted molar refractivity (Wildman–Crippen MR) is 368 cm³/mol.